The molecule has 0 amide bonds. The molecule has 8 heteroatoms. The van der Waals surface area contributed by atoms with Crippen molar-refractivity contribution in [2.24, 2.45) is 0 Å². The van der Waals surface area contributed by atoms with Crippen molar-refractivity contribution < 1.29 is 10.0 Å². The SMILES string of the molecule is O=[N+]([O-])c1ccc(CNC2CCN(Cc3ccc(Cl)c(Cl)c3)CC2)cc1O. The highest BCUT2D eigenvalue weighted by molar-refractivity contribution is 6.42. The Balaban J connectivity index is 1.46. The highest BCUT2D eigenvalue weighted by Crippen LogP contribution is 2.27. The molecule has 6 nitrogen and oxygen atoms in total. The summed E-state index contributed by atoms with van der Waals surface area (Å²) in [6.45, 7) is 3.37. The zero-order valence-corrected chi connectivity index (χ0v) is 16.2. The van der Waals surface area contributed by atoms with Crippen molar-refractivity contribution in [3.05, 3.63) is 67.7 Å². The van der Waals surface area contributed by atoms with Gasteiger partial charge in [0.2, 0.25) is 0 Å². The van der Waals surface area contributed by atoms with Crippen LogP contribution in [0.4, 0.5) is 5.69 Å². The number of rotatable bonds is 6. The standard InChI is InChI=1S/C19H21Cl2N3O3/c20-16-3-1-14(9-17(16)21)12-23-7-5-15(6-8-23)22-11-13-2-4-18(24(26)27)19(25)10-13/h1-4,9-10,15,22,25H,5-8,11-12H2. The summed E-state index contributed by atoms with van der Waals surface area (Å²) in [6, 6.07) is 10.6. The quantitative estimate of drug-likeness (QED) is 0.547. The van der Waals surface area contributed by atoms with Gasteiger partial charge in [-0.25, -0.2) is 0 Å². The van der Waals surface area contributed by atoms with E-state index in [1.54, 1.807) is 6.07 Å². The topological polar surface area (TPSA) is 78.6 Å². The molecule has 0 atom stereocenters. The number of benzene rings is 2. The van der Waals surface area contributed by atoms with Crippen LogP contribution in [0, 0.1) is 10.1 Å². The Morgan fingerprint density at radius 1 is 1.11 bits per heavy atom. The van der Waals surface area contributed by atoms with Gasteiger partial charge < -0.3 is 10.4 Å². The first-order valence-corrected chi connectivity index (χ1v) is 9.54. The first kappa shape index (κ1) is 19.9. The summed E-state index contributed by atoms with van der Waals surface area (Å²) in [5.74, 6) is -0.296. The molecule has 0 saturated carbocycles. The highest BCUT2D eigenvalue weighted by atomic mass is 35.5. The van der Waals surface area contributed by atoms with Crippen molar-refractivity contribution in [3.8, 4) is 5.75 Å². The van der Waals surface area contributed by atoms with Gasteiger partial charge in [0.05, 0.1) is 15.0 Å². The fourth-order valence-electron chi connectivity index (χ4n) is 3.29. The van der Waals surface area contributed by atoms with E-state index in [1.807, 2.05) is 18.2 Å². The average Bonchev–Trinajstić information content (AvgIpc) is 2.64. The molecular weight excluding hydrogens is 389 g/mol. The molecule has 1 heterocycles. The number of nitro groups is 1. The number of phenols is 1. The smallest absolute Gasteiger partial charge is 0.310 e. The summed E-state index contributed by atoms with van der Waals surface area (Å²) in [7, 11) is 0. The molecular formula is C19H21Cl2N3O3. The van der Waals surface area contributed by atoms with Gasteiger partial charge in [0.25, 0.3) is 0 Å². The van der Waals surface area contributed by atoms with Gasteiger partial charge >= 0.3 is 5.69 Å². The van der Waals surface area contributed by atoms with Crippen molar-refractivity contribution >= 4 is 28.9 Å². The van der Waals surface area contributed by atoms with Gasteiger partial charge in [0.15, 0.2) is 5.75 Å². The largest absolute Gasteiger partial charge is 0.502 e. The summed E-state index contributed by atoms with van der Waals surface area (Å²) >= 11 is 12.0. The monoisotopic (exact) mass is 409 g/mol. The summed E-state index contributed by atoms with van der Waals surface area (Å²) in [5, 5.41) is 25.1. The molecule has 1 aliphatic heterocycles. The number of aromatic hydroxyl groups is 1. The van der Waals surface area contributed by atoms with Gasteiger partial charge in [-0.05, 0) is 55.3 Å². The molecule has 1 aliphatic rings. The fourth-order valence-corrected chi connectivity index (χ4v) is 3.61. The second kappa shape index (κ2) is 8.89. The van der Waals surface area contributed by atoms with E-state index in [4.69, 9.17) is 23.2 Å². The van der Waals surface area contributed by atoms with E-state index in [2.05, 4.69) is 10.2 Å². The van der Waals surface area contributed by atoms with Crippen molar-refractivity contribution in [1.82, 2.24) is 10.2 Å². The van der Waals surface area contributed by atoms with Gasteiger partial charge in [-0.2, -0.15) is 0 Å². The summed E-state index contributed by atoms with van der Waals surface area (Å²) in [5.41, 5.74) is 1.71. The van der Waals surface area contributed by atoms with Crippen molar-refractivity contribution in [3.63, 3.8) is 0 Å². The Morgan fingerprint density at radius 3 is 2.44 bits per heavy atom. The molecule has 0 bridgehead atoms. The number of halogens is 2. The van der Waals surface area contributed by atoms with Crippen molar-refractivity contribution in [2.45, 2.75) is 32.0 Å². The van der Waals surface area contributed by atoms with Crippen LogP contribution in [0.25, 0.3) is 0 Å². The summed E-state index contributed by atoms with van der Waals surface area (Å²) in [6.07, 6.45) is 2.03. The Morgan fingerprint density at radius 2 is 1.81 bits per heavy atom. The number of hydrogen-bond donors (Lipinski definition) is 2. The van der Waals surface area contributed by atoms with Gasteiger partial charge in [0, 0.05) is 25.2 Å². The molecule has 2 N–H and O–H groups in total. The van der Waals surface area contributed by atoms with Crippen LogP contribution >= 0.6 is 23.2 Å². The Bertz CT molecular complexity index is 824. The van der Waals surface area contributed by atoms with E-state index in [0.29, 0.717) is 22.6 Å². The molecule has 1 saturated heterocycles. The van der Waals surface area contributed by atoms with E-state index in [-0.39, 0.29) is 11.4 Å². The van der Waals surface area contributed by atoms with E-state index in [0.717, 1.165) is 43.6 Å². The molecule has 0 aromatic heterocycles. The molecule has 27 heavy (non-hydrogen) atoms. The van der Waals surface area contributed by atoms with Gasteiger partial charge in [-0.15, -0.1) is 0 Å². The second-order valence-corrected chi connectivity index (χ2v) is 7.57. The van der Waals surface area contributed by atoms with Crippen LogP contribution in [0.15, 0.2) is 36.4 Å². The lowest BCUT2D eigenvalue weighted by molar-refractivity contribution is -0.385. The molecule has 2 aromatic rings. The van der Waals surface area contributed by atoms with E-state index in [1.165, 1.54) is 12.1 Å². The molecule has 3 rings (SSSR count). The van der Waals surface area contributed by atoms with E-state index in [9.17, 15) is 15.2 Å². The summed E-state index contributed by atoms with van der Waals surface area (Å²) < 4.78 is 0. The molecule has 0 unspecified atom stereocenters. The maximum Gasteiger partial charge on any atom is 0.310 e. The first-order valence-electron chi connectivity index (χ1n) is 8.78. The summed E-state index contributed by atoms with van der Waals surface area (Å²) in [4.78, 5) is 12.5. The average molecular weight is 410 g/mol. The Labute approximate surface area is 167 Å². The van der Waals surface area contributed by atoms with Crippen LogP contribution in [0.3, 0.4) is 0 Å². The minimum absolute atomic E-state index is 0.269. The zero-order chi connectivity index (χ0) is 19.4. The number of phenolic OH excluding ortho intramolecular Hbond substituents is 1. The zero-order valence-electron chi connectivity index (χ0n) is 14.7. The third kappa shape index (κ3) is 5.32. The van der Waals surface area contributed by atoms with Crippen LogP contribution in [-0.4, -0.2) is 34.1 Å². The number of likely N-dealkylation sites (tertiary alicyclic amines) is 1. The first-order chi connectivity index (χ1) is 12.9. The third-order valence-corrected chi connectivity index (χ3v) is 5.55. The lowest BCUT2D eigenvalue weighted by Crippen LogP contribution is -2.41. The maximum absolute atomic E-state index is 10.7. The Hall–Kier alpha value is -1.86. The lowest BCUT2D eigenvalue weighted by atomic mass is 10.0. The van der Waals surface area contributed by atoms with Crippen LogP contribution in [0.1, 0.15) is 24.0 Å². The second-order valence-electron chi connectivity index (χ2n) is 6.76. The third-order valence-electron chi connectivity index (χ3n) is 4.81. The number of hydrogen-bond acceptors (Lipinski definition) is 5. The van der Waals surface area contributed by atoms with Gasteiger partial charge in [0.1, 0.15) is 0 Å². The highest BCUT2D eigenvalue weighted by Gasteiger charge is 2.19. The van der Waals surface area contributed by atoms with Gasteiger partial charge in [-0.1, -0.05) is 35.3 Å². The van der Waals surface area contributed by atoms with Crippen molar-refractivity contribution in [2.75, 3.05) is 13.1 Å². The van der Waals surface area contributed by atoms with Crippen LogP contribution in [0.2, 0.25) is 10.0 Å². The van der Waals surface area contributed by atoms with Crippen molar-refractivity contribution in [1.29, 1.82) is 0 Å². The predicted molar refractivity (Wildman–Crippen MR) is 106 cm³/mol. The number of nitrogens with zero attached hydrogens (tertiary/aromatic N) is 2. The minimum Gasteiger partial charge on any atom is -0.502 e. The molecule has 0 aliphatic carbocycles. The van der Waals surface area contributed by atoms with Crippen LogP contribution in [0.5, 0.6) is 5.75 Å². The van der Waals surface area contributed by atoms with E-state index >= 15 is 0 Å². The van der Waals surface area contributed by atoms with Crippen LogP contribution in [-0.2, 0) is 13.1 Å². The fraction of sp³-hybridized carbons (Fsp3) is 0.368. The predicted octanol–water partition coefficient (Wildman–Crippen LogP) is 4.36. The van der Waals surface area contributed by atoms with Crippen LogP contribution < -0.4 is 5.32 Å². The molecule has 1 fully saturated rings. The Kier molecular flexibility index (Phi) is 6.55. The van der Waals surface area contributed by atoms with E-state index < -0.39 is 4.92 Å². The molecule has 0 spiro atoms. The number of nitro benzene ring substituents is 1. The minimum atomic E-state index is -0.587. The number of piperidine rings is 1. The normalized spacial score (nSPS) is 15.8. The lowest BCUT2D eigenvalue weighted by Gasteiger charge is -2.32. The van der Waals surface area contributed by atoms with Gasteiger partial charge in [-0.3, -0.25) is 15.0 Å². The molecule has 0 radical (unpaired) electrons. The maximum atomic E-state index is 10.7. The molecule has 144 valence electrons. The molecule has 2 aromatic carbocycles. The number of nitrogens with one attached hydrogen (secondary N) is 1.